The molecular weight excluding hydrogens is 482 g/mol. The lowest BCUT2D eigenvalue weighted by Gasteiger charge is -2.16. The second-order valence-corrected chi connectivity index (χ2v) is 8.83. The van der Waals surface area contributed by atoms with E-state index in [1.54, 1.807) is 18.2 Å². The fourth-order valence-corrected chi connectivity index (χ4v) is 4.54. The van der Waals surface area contributed by atoms with Crippen LogP contribution in [-0.4, -0.2) is 28.6 Å². The molecule has 1 aromatic heterocycles. The van der Waals surface area contributed by atoms with E-state index in [1.165, 1.54) is 42.5 Å². The summed E-state index contributed by atoms with van der Waals surface area (Å²) in [6.07, 6.45) is 0.751. The van der Waals surface area contributed by atoms with Crippen molar-refractivity contribution in [3.8, 4) is 16.9 Å². The first kappa shape index (κ1) is 23.4. The second kappa shape index (κ2) is 9.02. The largest absolute Gasteiger partial charge is 0.506 e. The van der Waals surface area contributed by atoms with Crippen LogP contribution in [0.2, 0.25) is 5.02 Å². The predicted octanol–water partition coefficient (Wildman–Crippen LogP) is 5.96. The molecule has 0 bridgehead atoms. The van der Waals surface area contributed by atoms with Crippen molar-refractivity contribution < 1.29 is 24.2 Å². The Morgan fingerprint density at radius 3 is 2.50 bits per heavy atom. The molecule has 0 fully saturated rings. The smallest absolute Gasteiger partial charge is 0.336 e. The van der Waals surface area contributed by atoms with E-state index in [9.17, 15) is 24.6 Å². The molecule has 0 aliphatic carbocycles. The highest BCUT2D eigenvalue weighted by Gasteiger charge is 2.22. The molecule has 0 spiro atoms. The van der Waals surface area contributed by atoms with Gasteiger partial charge in [0.2, 0.25) is 0 Å². The van der Waals surface area contributed by atoms with E-state index in [1.807, 2.05) is 6.92 Å². The molecule has 0 unspecified atom stereocenters. The third-order valence-corrected chi connectivity index (χ3v) is 6.36. The minimum Gasteiger partial charge on any atom is -0.506 e. The molecule has 7 nitrogen and oxygen atoms in total. The Kier molecular flexibility index (Phi) is 5.86. The van der Waals surface area contributed by atoms with Gasteiger partial charge < -0.3 is 19.9 Å². The summed E-state index contributed by atoms with van der Waals surface area (Å²) in [5.41, 5.74) is 1.54. The number of hydrogen-bond acceptors (Lipinski definition) is 5. The Balaban J connectivity index is 1.94. The van der Waals surface area contributed by atoms with Crippen LogP contribution in [0.25, 0.3) is 43.8 Å². The van der Waals surface area contributed by atoms with Gasteiger partial charge in [-0.25, -0.2) is 4.79 Å². The van der Waals surface area contributed by atoms with Crippen molar-refractivity contribution in [2.24, 2.45) is 0 Å². The number of rotatable bonds is 5. The SMILES string of the molecule is CCCNC(=O)c1ccc(C(=O)O)c(-c2c3cc(Cl)c(O)cc3oc3c2ccc2cc(=O)ccc23)c1. The van der Waals surface area contributed by atoms with Gasteiger partial charge in [0, 0.05) is 39.9 Å². The van der Waals surface area contributed by atoms with Crippen molar-refractivity contribution in [2.45, 2.75) is 13.3 Å². The van der Waals surface area contributed by atoms with Gasteiger partial charge in [-0.15, -0.1) is 0 Å². The molecule has 8 heteroatoms. The Morgan fingerprint density at radius 1 is 0.972 bits per heavy atom. The zero-order valence-corrected chi connectivity index (χ0v) is 19.8. The number of phenolic OH excluding ortho intramolecular Hbond substituents is 1. The van der Waals surface area contributed by atoms with E-state index in [-0.39, 0.29) is 33.3 Å². The standard InChI is InChI=1S/C28H20ClNO6/c1-2-9-30-27(33)15-4-6-18(28(34)35)20(11-15)25-19-7-3-14-10-16(31)5-8-17(14)26(19)36-24-13-23(32)22(29)12-21(24)25/h3-8,10-13,32H,2,9H2,1H3,(H,30,33)(H,34,35). The number of amides is 1. The van der Waals surface area contributed by atoms with Crippen LogP contribution in [0.15, 0.2) is 69.9 Å². The quantitative estimate of drug-likeness (QED) is 0.202. The number of halogens is 1. The predicted molar refractivity (Wildman–Crippen MR) is 139 cm³/mol. The van der Waals surface area contributed by atoms with Gasteiger partial charge in [0.1, 0.15) is 16.9 Å². The first-order valence-electron chi connectivity index (χ1n) is 11.3. The van der Waals surface area contributed by atoms with Gasteiger partial charge in [-0.3, -0.25) is 9.59 Å². The van der Waals surface area contributed by atoms with Crippen LogP contribution in [0.3, 0.4) is 0 Å². The number of phenols is 1. The molecule has 1 heterocycles. The summed E-state index contributed by atoms with van der Waals surface area (Å²) in [4.78, 5) is 36.9. The summed E-state index contributed by atoms with van der Waals surface area (Å²) in [6.45, 7) is 2.41. The Labute approximate surface area is 209 Å². The second-order valence-electron chi connectivity index (χ2n) is 8.42. The molecule has 1 amide bonds. The summed E-state index contributed by atoms with van der Waals surface area (Å²) in [7, 11) is 0. The van der Waals surface area contributed by atoms with Gasteiger partial charge in [-0.1, -0.05) is 24.6 Å². The van der Waals surface area contributed by atoms with E-state index in [0.29, 0.717) is 50.4 Å². The van der Waals surface area contributed by atoms with Crippen LogP contribution in [0, 0.1) is 0 Å². The molecule has 4 aromatic carbocycles. The molecule has 0 saturated carbocycles. The summed E-state index contributed by atoms with van der Waals surface area (Å²) < 4.78 is 6.18. The average molecular weight is 502 g/mol. The number of nitrogens with one attached hydrogen (secondary N) is 1. The zero-order chi connectivity index (χ0) is 25.6. The highest BCUT2D eigenvalue weighted by Crippen LogP contribution is 2.43. The summed E-state index contributed by atoms with van der Waals surface area (Å²) >= 11 is 6.25. The molecule has 180 valence electrons. The highest BCUT2D eigenvalue weighted by atomic mass is 35.5. The van der Waals surface area contributed by atoms with Crippen molar-refractivity contribution in [1.29, 1.82) is 0 Å². The number of hydrogen-bond donors (Lipinski definition) is 3. The van der Waals surface area contributed by atoms with E-state index < -0.39 is 5.97 Å². The minimum absolute atomic E-state index is 0.0185. The lowest BCUT2D eigenvalue weighted by molar-refractivity contribution is 0.0697. The van der Waals surface area contributed by atoms with E-state index in [2.05, 4.69) is 5.32 Å². The van der Waals surface area contributed by atoms with Crippen molar-refractivity contribution in [1.82, 2.24) is 5.32 Å². The number of carbonyl (C=O) groups excluding carboxylic acids is 1. The number of aromatic carboxylic acids is 1. The lowest BCUT2D eigenvalue weighted by atomic mass is 9.91. The number of benzene rings is 4. The molecule has 5 rings (SSSR count). The Bertz CT molecular complexity index is 1770. The molecule has 0 aliphatic rings. The van der Waals surface area contributed by atoms with Crippen molar-refractivity contribution in [3.63, 3.8) is 0 Å². The van der Waals surface area contributed by atoms with Gasteiger partial charge in [0.15, 0.2) is 5.43 Å². The molecular formula is C28H20ClNO6. The molecule has 36 heavy (non-hydrogen) atoms. The Hall–Kier alpha value is -4.36. The fourth-order valence-electron chi connectivity index (χ4n) is 4.37. The molecule has 0 saturated heterocycles. The van der Waals surface area contributed by atoms with Crippen LogP contribution in [0.1, 0.15) is 34.1 Å². The van der Waals surface area contributed by atoms with Gasteiger partial charge in [0.05, 0.1) is 10.6 Å². The monoisotopic (exact) mass is 501 g/mol. The average Bonchev–Trinajstić information content (AvgIpc) is 2.86. The zero-order valence-electron chi connectivity index (χ0n) is 19.1. The topological polar surface area (TPSA) is 117 Å². The molecule has 3 N–H and O–H groups in total. The van der Waals surface area contributed by atoms with Crippen LogP contribution in [0.4, 0.5) is 0 Å². The minimum atomic E-state index is -1.17. The number of carboxylic acid groups (broad SMARTS) is 1. The third-order valence-electron chi connectivity index (χ3n) is 6.06. The normalized spacial score (nSPS) is 11.3. The molecule has 0 aliphatic heterocycles. The summed E-state index contributed by atoms with van der Waals surface area (Å²) in [6, 6.07) is 15.3. The highest BCUT2D eigenvalue weighted by molar-refractivity contribution is 6.33. The number of fused-ring (bicyclic) bond motifs is 4. The van der Waals surface area contributed by atoms with Crippen molar-refractivity contribution >= 4 is 56.2 Å². The van der Waals surface area contributed by atoms with E-state index in [0.717, 1.165) is 6.42 Å². The number of carbonyl (C=O) groups is 2. The fraction of sp³-hybridized carbons (Fsp3) is 0.107. The Morgan fingerprint density at radius 2 is 1.75 bits per heavy atom. The van der Waals surface area contributed by atoms with Crippen LogP contribution < -0.4 is 10.7 Å². The van der Waals surface area contributed by atoms with Crippen LogP contribution >= 0.6 is 11.6 Å². The number of aromatic hydroxyl groups is 1. The van der Waals surface area contributed by atoms with E-state index in [4.69, 9.17) is 16.0 Å². The first-order chi connectivity index (χ1) is 17.3. The van der Waals surface area contributed by atoms with Gasteiger partial charge in [-0.2, -0.15) is 0 Å². The summed E-state index contributed by atoms with van der Waals surface area (Å²) in [5, 5.41) is 25.4. The molecule has 5 aromatic rings. The maximum Gasteiger partial charge on any atom is 0.336 e. The number of carboxylic acids is 1. The van der Waals surface area contributed by atoms with Crippen LogP contribution in [-0.2, 0) is 0 Å². The van der Waals surface area contributed by atoms with Crippen molar-refractivity contribution in [3.05, 3.63) is 87.0 Å². The third kappa shape index (κ3) is 3.93. The molecule has 0 atom stereocenters. The summed E-state index contributed by atoms with van der Waals surface area (Å²) in [5.74, 6) is -1.70. The maximum absolute atomic E-state index is 12.7. The molecule has 0 radical (unpaired) electrons. The van der Waals surface area contributed by atoms with Crippen molar-refractivity contribution in [2.75, 3.05) is 6.54 Å². The van der Waals surface area contributed by atoms with Gasteiger partial charge >= 0.3 is 5.97 Å². The maximum atomic E-state index is 12.7. The lowest BCUT2D eigenvalue weighted by Crippen LogP contribution is -2.24. The van der Waals surface area contributed by atoms with Gasteiger partial charge in [0.25, 0.3) is 5.91 Å². The van der Waals surface area contributed by atoms with Crippen LogP contribution in [0.5, 0.6) is 5.75 Å². The van der Waals surface area contributed by atoms with E-state index >= 15 is 0 Å². The first-order valence-corrected chi connectivity index (χ1v) is 11.6. The van der Waals surface area contributed by atoms with Gasteiger partial charge in [-0.05, 0) is 65.9 Å².